The Balaban J connectivity index is 1.34. The van der Waals surface area contributed by atoms with Gasteiger partial charge in [0.15, 0.2) is 0 Å². The van der Waals surface area contributed by atoms with Crippen molar-refractivity contribution in [1.29, 1.82) is 0 Å². The number of nitrogens with zero attached hydrogens (tertiary/aromatic N) is 2. The lowest BCUT2D eigenvalue weighted by Gasteiger charge is -2.13. The first-order valence-electron chi connectivity index (χ1n) is 10.9. The van der Waals surface area contributed by atoms with Gasteiger partial charge >= 0.3 is 0 Å². The highest BCUT2D eigenvalue weighted by atomic mass is 32.1. The van der Waals surface area contributed by atoms with Gasteiger partial charge in [0.1, 0.15) is 16.3 Å². The number of nitrogens with one attached hydrogen (secondary N) is 1. The van der Waals surface area contributed by atoms with Crippen LogP contribution in [0.5, 0.6) is 0 Å². The van der Waals surface area contributed by atoms with Crippen LogP contribution in [0.2, 0.25) is 0 Å². The molecule has 0 bridgehead atoms. The number of carbonyl (C=O) groups excluding carboxylic acids is 1. The Hall–Kier alpha value is -1.67. The number of thiazole rings is 1. The van der Waals surface area contributed by atoms with Crippen molar-refractivity contribution in [2.24, 2.45) is 5.92 Å². The van der Waals surface area contributed by atoms with Crippen molar-refractivity contribution in [3.63, 3.8) is 0 Å². The van der Waals surface area contributed by atoms with Crippen LogP contribution in [-0.2, 0) is 24.2 Å². The SMILES string of the molecule is O=C(CCC[C@H]1CC[C@@H](O)C1)Cc1sc2c(c1-c1nc3cnccc3s1)CCNC2. The molecule has 3 aromatic rings. The van der Waals surface area contributed by atoms with Gasteiger partial charge in [-0.1, -0.05) is 0 Å². The third kappa shape index (κ3) is 4.21. The molecule has 158 valence electrons. The molecule has 0 aromatic carbocycles. The lowest BCUT2D eigenvalue weighted by atomic mass is 9.97. The number of thiophene rings is 1. The summed E-state index contributed by atoms with van der Waals surface area (Å²) in [5.41, 5.74) is 3.53. The minimum atomic E-state index is -0.122. The number of hydrogen-bond acceptors (Lipinski definition) is 7. The number of fused-ring (bicyclic) bond motifs is 2. The molecule has 0 unspecified atom stereocenters. The molecular weight excluding hydrogens is 414 g/mol. The van der Waals surface area contributed by atoms with Crippen LogP contribution >= 0.6 is 22.7 Å². The fourth-order valence-corrected chi connectivity index (χ4v) is 7.27. The number of pyridine rings is 1. The maximum absolute atomic E-state index is 12.8. The second-order valence-electron chi connectivity index (χ2n) is 8.53. The lowest BCUT2D eigenvalue weighted by Crippen LogP contribution is -2.22. The van der Waals surface area contributed by atoms with E-state index in [1.54, 1.807) is 22.7 Å². The standard InChI is InChI=1S/C23H27N3O2S2/c27-15(3-1-2-14-4-5-16(28)10-14)11-20-22(17-6-8-25-13-21(17)29-20)23-26-18-12-24-9-7-19(18)30-23/h7,9,12,14,16,25,28H,1-6,8,10-11,13H2/t14-,16+/m0/s1. The monoisotopic (exact) mass is 441 g/mol. The minimum absolute atomic E-state index is 0.122. The van der Waals surface area contributed by atoms with Crippen LogP contribution in [0.25, 0.3) is 20.8 Å². The first kappa shape index (κ1) is 20.2. The predicted octanol–water partition coefficient (Wildman–Crippen LogP) is 4.51. The van der Waals surface area contributed by atoms with Gasteiger partial charge in [0.25, 0.3) is 0 Å². The van der Waals surface area contributed by atoms with E-state index in [-0.39, 0.29) is 6.10 Å². The van der Waals surface area contributed by atoms with Crippen molar-refractivity contribution in [2.75, 3.05) is 6.54 Å². The quantitative estimate of drug-likeness (QED) is 0.564. The van der Waals surface area contributed by atoms with Gasteiger partial charge in [0.2, 0.25) is 0 Å². The number of aliphatic hydroxyl groups is 1. The van der Waals surface area contributed by atoms with E-state index in [2.05, 4.69) is 10.3 Å². The summed E-state index contributed by atoms with van der Waals surface area (Å²) >= 11 is 3.49. The van der Waals surface area contributed by atoms with E-state index in [1.165, 1.54) is 20.9 Å². The van der Waals surface area contributed by atoms with Crippen LogP contribution in [0.15, 0.2) is 18.5 Å². The second-order valence-corrected chi connectivity index (χ2v) is 10.8. The first-order valence-corrected chi connectivity index (χ1v) is 12.6. The predicted molar refractivity (Wildman–Crippen MR) is 122 cm³/mol. The molecule has 1 aliphatic heterocycles. The van der Waals surface area contributed by atoms with Crippen LogP contribution in [0.3, 0.4) is 0 Å². The number of hydrogen-bond donors (Lipinski definition) is 2. The molecule has 2 N–H and O–H groups in total. The van der Waals surface area contributed by atoms with Gasteiger partial charge in [-0.15, -0.1) is 22.7 Å². The van der Waals surface area contributed by atoms with Crippen molar-refractivity contribution in [1.82, 2.24) is 15.3 Å². The van der Waals surface area contributed by atoms with Gasteiger partial charge in [0, 0.05) is 40.9 Å². The van der Waals surface area contributed by atoms with Crippen LogP contribution in [0, 0.1) is 5.92 Å². The van der Waals surface area contributed by atoms with E-state index in [9.17, 15) is 9.90 Å². The van der Waals surface area contributed by atoms with Crippen LogP contribution in [0.1, 0.15) is 53.8 Å². The van der Waals surface area contributed by atoms with E-state index in [0.29, 0.717) is 24.5 Å². The Bertz CT molecular complexity index is 1030. The summed E-state index contributed by atoms with van der Waals surface area (Å²) in [4.78, 5) is 24.4. The highest BCUT2D eigenvalue weighted by molar-refractivity contribution is 7.22. The largest absolute Gasteiger partial charge is 0.393 e. The molecule has 1 fully saturated rings. The Labute approximate surface area is 184 Å². The summed E-state index contributed by atoms with van der Waals surface area (Å²) in [6, 6.07) is 2.02. The zero-order valence-electron chi connectivity index (χ0n) is 17.0. The summed E-state index contributed by atoms with van der Waals surface area (Å²) in [7, 11) is 0. The lowest BCUT2D eigenvalue weighted by molar-refractivity contribution is -0.118. The van der Waals surface area contributed by atoms with Crippen molar-refractivity contribution in [3.8, 4) is 10.6 Å². The number of ketones is 1. The maximum atomic E-state index is 12.8. The average Bonchev–Trinajstić information content (AvgIpc) is 3.43. The Morgan fingerprint density at radius 2 is 2.23 bits per heavy atom. The molecule has 7 heteroatoms. The van der Waals surface area contributed by atoms with Gasteiger partial charge in [-0.3, -0.25) is 9.78 Å². The molecule has 0 spiro atoms. The van der Waals surface area contributed by atoms with E-state index in [1.807, 2.05) is 18.5 Å². The van der Waals surface area contributed by atoms with E-state index >= 15 is 0 Å². The molecule has 2 aliphatic rings. The van der Waals surface area contributed by atoms with Gasteiger partial charge in [-0.05, 0) is 62.6 Å². The third-order valence-corrected chi connectivity index (χ3v) is 8.63. The highest BCUT2D eigenvalue weighted by Crippen LogP contribution is 2.42. The molecule has 30 heavy (non-hydrogen) atoms. The molecule has 3 aromatic heterocycles. The first-order chi connectivity index (χ1) is 14.7. The van der Waals surface area contributed by atoms with Crippen molar-refractivity contribution < 1.29 is 9.90 Å². The molecule has 2 atom stereocenters. The maximum Gasteiger partial charge on any atom is 0.138 e. The van der Waals surface area contributed by atoms with E-state index < -0.39 is 0 Å². The van der Waals surface area contributed by atoms with Crippen molar-refractivity contribution in [2.45, 2.75) is 64.0 Å². The third-order valence-electron chi connectivity index (χ3n) is 6.34. The Morgan fingerprint density at radius 1 is 1.30 bits per heavy atom. The molecule has 4 heterocycles. The minimum Gasteiger partial charge on any atom is -0.393 e. The smallest absolute Gasteiger partial charge is 0.138 e. The molecule has 0 saturated heterocycles. The fourth-order valence-electron chi connectivity index (χ4n) is 4.82. The summed E-state index contributed by atoms with van der Waals surface area (Å²) < 4.78 is 1.14. The number of Topliss-reactive ketones (excluding diaryl/α,β-unsaturated/α-hetero) is 1. The molecule has 5 rings (SSSR count). The molecule has 1 saturated carbocycles. The molecule has 1 aliphatic carbocycles. The van der Waals surface area contributed by atoms with Gasteiger partial charge in [-0.25, -0.2) is 4.98 Å². The average molecular weight is 442 g/mol. The van der Waals surface area contributed by atoms with Crippen LogP contribution in [0.4, 0.5) is 0 Å². The Kier molecular flexibility index (Phi) is 5.96. The number of aliphatic hydroxyl groups excluding tert-OH is 1. The van der Waals surface area contributed by atoms with Crippen molar-refractivity contribution >= 4 is 38.7 Å². The van der Waals surface area contributed by atoms with Crippen LogP contribution < -0.4 is 5.32 Å². The zero-order chi connectivity index (χ0) is 20.5. The molecule has 5 nitrogen and oxygen atoms in total. The number of rotatable bonds is 7. The van der Waals surface area contributed by atoms with E-state index in [4.69, 9.17) is 4.98 Å². The molecule has 0 amide bonds. The van der Waals surface area contributed by atoms with Crippen LogP contribution in [-0.4, -0.2) is 33.5 Å². The number of aromatic nitrogens is 2. The topological polar surface area (TPSA) is 75.1 Å². The van der Waals surface area contributed by atoms with E-state index in [0.717, 1.165) is 66.8 Å². The van der Waals surface area contributed by atoms with Gasteiger partial charge < -0.3 is 10.4 Å². The summed E-state index contributed by atoms with van der Waals surface area (Å²) in [5, 5.41) is 14.2. The van der Waals surface area contributed by atoms with Gasteiger partial charge in [0.05, 0.1) is 17.0 Å². The molecule has 0 radical (unpaired) electrons. The summed E-state index contributed by atoms with van der Waals surface area (Å²) in [6.07, 6.45) is 10.6. The zero-order valence-corrected chi connectivity index (χ0v) is 18.7. The summed E-state index contributed by atoms with van der Waals surface area (Å²) in [5.74, 6) is 0.920. The second kappa shape index (κ2) is 8.83. The van der Waals surface area contributed by atoms with Crippen molar-refractivity contribution in [3.05, 3.63) is 33.8 Å². The fraction of sp³-hybridized carbons (Fsp3) is 0.522. The number of carbonyl (C=O) groups is 1. The summed E-state index contributed by atoms with van der Waals surface area (Å²) in [6.45, 7) is 1.86. The van der Waals surface area contributed by atoms with Gasteiger partial charge in [-0.2, -0.15) is 0 Å². The normalized spacial score (nSPS) is 21.2. The highest BCUT2D eigenvalue weighted by Gasteiger charge is 2.26. The molecular formula is C23H27N3O2S2. The Morgan fingerprint density at radius 3 is 3.07 bits per heavy atom.